The first-order valence-corrected chi connectivity index (χ1v) is 12.6. The van der Waals surface area contributed by atoms with E-state index >= 15 is 0 Å². The van der Waals surface area contributed by atoms with Gasteiger partial charge in [0.15, 0.2) is 0 Å². The second kappa shape index (κ2) is 7.90. The molecule has 5 rings (SSSR count). The number of amides is 1. The molecule has 33 heavy (non-hydrogen) atoms. The summed E-state index contributed by atoms with van der Waals surface area (Å²) in [6.07, 6.45) is 1.74. The van der Waals surface area contributed by atoms with Gasteiger partial charge in [0.25, 0.3) is 5.91 Å². The lowest BCUT2D eigenvalue weighted by Crippen LogP contribution is -2.70. The zero-order chi connectivity index (χ0) is 23.5. The molecule has 0 saturated carbocycles. The second-order valence-corrected chi connectivity index (χ2v) is 11.1. The van der Waals surface area contributed by atoms with Gasteiger partial charge >= 0.3 is 0 Å². The predicted molar refractivity (Wildman–Crippen MR) is 138 cm³/mol. The van der Waals surface area contributed by atoms with Crippen molar-refractivity contribution in [3.8, 4) is 10.4 Å². The topological polar surface area (TPSA) is 39.7 Å². The van der Waals surface area contributed by atoms with E-state index in [-0.39, 0.29) is 5.91 Å². The molecule has 1 aromatic heterocycles. The summed E-state index contributed by atoms with van der Waals surface area (Å²) >= 11 is 14.8. The Morgan fingerprint density at radius 1 is 1.12 bits per heavy atom. The van der Waals surface area contributed by atoms with Crippen LogP contribution in [-0.2, 0) is 0 Å². The number of aromatic nitrogens is 1. The van der Waals surface area contributed by atoms with E-state index in [1.54, 1.807) is 4.42 Å². The molecule has 0 aliphatic carbocycles. The van der Waals surface area contributed by atoms with Crippen molar-refractivity contribution in [1.29, 1.82) is 0 Å². The van der Waals surface area contributed by atoms with Crippen molar-refractivity contribution in [2.75, 3.05) is 22.9 Å². The Bertz CT molecular complexity index is 1220. The Hall–Kier alpha value is -2.28. The molecule has 172 valence electrons. The molecular weight excluding hydrogens is 475 g/mol. The molecule has 2 aliphatic heterocycles. The summed E-state index contributed by atoms with van der Waals surface area (Å²) in [6.45, 7) is 6.86. The summed E-state index contributed by atoms with van der Waals surface area (Å²) in [6, 6.07) is 15.7. The number of halogens is 2. The van der Waals surface area contributed by atoms with Gasteiger partial charge in [0.05, 0.1) is 26.8 Å². The maximum atomic E-state index is 14.1. The molecule has 1 fully saturated rings. The monoisotopic (exact) mass is 500 g/mol. The Kier molecular flexibility index (Phi) is 5.39. The third-order valence-corrected chi connectivity index (χ3v) is 9.19. The second-order valence-electron chi connectivity index (χ2n) is 9.10. The Labute approximate surface area is 208 Å². The highest BCUT2D eigenvalue weighted by Crippen LogP contribution is 2.54. The van der Waals surface area contributed by atoms with Gasteiger partial charge in [-0.25, -0.2) is 4.98 Å². The van der Waals surface area contributed by atoms with Crippen LogP contribution in [0, 0.1) is 6.92 Å². The maximum Gasteiger partial charge on any atom is 0.274 e. The van der Waals surface area contributed by atoms with E-state index in [2.05, 4.69) is 36.8 Å². The highest BCUT2D eigenvalue weighted by atomic mass is 35.5. The van der Waals surface area contributed by atoms with Crippen LogP contribution in [0.25, 0.3) is 10.4 Å². The highest BCUT2D eigenvalue weighted by Gasteiger charge is 2.61. The number of para-hydroxylation sites is 2. The molecule has 5 nitrogen and oxygen atoms in total. The molecule has 2 aromatic carbocycles. The molecule has 0 bridgehead atoms. The predicted octanol–water partition coefficient (Wildman–Crippen LogP) is 6.59. The number of carbonyl (C=O) groups is 1. The lowest BCUT2D eigenvalue weighted by Gasteiger charge is -2.53. The van der Waals surface area contributed by atoms with Crippen molar-refractivity contribution in [2.24, 2.45) is 0 Å². The van der Waals surface area contributed by atoms with Gasteiger partial charge in [0.1, 0.15) is 11.4 Å². The van der Waals surface area contributed by atoms with Crippen LogP contribution < -0.4 is 9.32 Å². The highest BCUT2D eigenvalue weighted by molar-refractivity contribution is 7.15. The average molecular weight is 501 g/mol. The number of nitrogens with zero attached hydrogens (tertiary/aromatic N) is 4. The zero-order valence-electron chi connectivity index (χ0n) is 19.1. The van der Waals surface area contributed by atoms with Crippen LogP contribution in [-0.4, -0.2) is 40.6 Å². The minimum atomic E-state index is -0.633. The van der Waals surface area contributed by atoms with Crippen molar-refractivity contribution in [3.05, 3.63) is 64.3 Å². The van der Waals surface area contributed by atoms with Crippen molar-refractivity contribution >= 4 is 52.0 Å². The van der Waals surface area contributed by atoms with Gasteiger partial charge in [-0.1, -0.05) is 35.9 Å². The van der Waals surface area contributed by atoms with Crippen molar-refractivity contribution in [2.45, 2.75) is 44.8 Å². The normalized spacial score (nSPS) is 24.5. The van der Waals surface area contributed by atoms with E-state index in [4.69, 9.17) is 23.4 Å². The van der Waals surface area contributed by atoms with Crippen LogP contribution in [0.4, 0.5) is 11.4 Å². The first-order chi connectivity index (χ1) is 15.7. The molecule has 1 saturated heterocycles. The number of hydrogen-bond donors (Lipinski definition) is 0. The molecule has 1 unspecified atom stereocenters. The van der Waals surface area contributed by atoms with Gasteiger partial charge < -0.3 is 9.80 Å². The quantitative estimate of drug-likeness (QED) is 0.380. The summed E-state index contributed by atoms with van der Waals surface area (Å²) in [5.74, 6) is -0.0648. The van der Waals surface area contributed by atoms with E-state index in [1.165, 1.54) is 11.3 Å². The number of likely N-dealkylation sites (N-methyl/N-ethyl adjacent to an activating group) is 1. The van der Waals surface area contributed by atoms with Crippen molar-refractivity contribution in [1.82, 2.24) is 9.88 Å². The number of thiazole rings is 1. The minimum Gasteiger partial charge on any atom is -0.347 e. The molecule has 0 spiro atoms. The summed E-state index contributed by atoms with van der Waals surface area (Å²) in [5.41, 5.74) is 2.23. The van der Waals surface area contributed by atoms with Gasteiger partial charge in [-0.2, -0.15) is 0 Å². The number of rotatable bonds is 3. The molecular formula is C25H26Cl2N4OS. The Morgan fingerprint density at radius 2 is 1.85 bits per heavy atom. The van der Waals surface area contributed by atoms with E-state index in [0.29, 0.717) is 17.3 Å². The SMILES string of the molecule is Cc1nc(C(=O)N2CCC[C@@]2(C)C2(C)N(C)c3ccccc3N2Cl)c(-c2cccc(Cl)c2)s1. The molecule has 1 amide bonds. The first kappa shape index (κ1) is 22.5. The third kappa shape index (κ3) is 3.18. The van der Waals surface area contributed by atoms with Crippen LogP contribution in [0.15, 0.2) is 48.5 Å². The summed E-state index contributed by atoms with van der Waals surface area (Å²) < 4.78 is 1.80. The van der Waals surface area contributed by atoms with Crippen LogP contribution in [0.3, 0.4) is 0 Å². The number of anilines is 2. The number of benzene rings is 2. The standard InChI is InChI=1S/C25H26Cl2N4OS/c1-16-28-21(22(33-16)17-9-7-10-18(26)15-17)23(32)30-14-8-13-24(30,2)25(3)29(4)19-11-5-6-12-20(19)31(25)27/h5-7,9-12,15H,8,13-14H2,1-4H3/t24-,25?/m0/s1. The van der Waals surface area contributed by atoms with Crippen LogP contribution in [0.2, 0.25) is 5.02 Å². The number of hydrogen-bond acceptors (Lipinski definition) is 5. The Balaban J connectivity index is 1.57. The van der Waals surface area contributed by atoms with Gasteiger partial charge in [-0.15, -0.1) is 11.3 Å². The first-order valence-electron chi connectivity index (χ1n) is 11.0. The number of aryl methyl sites for hydroxylation is 1. The van der Waals surface area contributed by atoms with E-state index < -0.39 is 11.2 Å². The van der Waals surface area contributed by atoms with Crippen LogP contribution in [0.5, 0.6) is 0 Å². The molecule has 0 N–H and O–H groups in total. The van der Waals surface area contributed by atoms with Crippen molar-refractivity contribution < 1.29 is 4.79 Å². The summed E-state index contributed by atoms with van der Waals surface area (Å²) in [5, 5.41) is 1.49. The minimum absolute atomic E-state index is 0.0648. The molecule has 8 heteroatoms. The zero-order valence-corrected chi connectivity index (χ0v) is 21.4. The molecule has 2 atom stereocenters. The van der Waals surface area contributed by atoms with Crippen molar-refractivity contribution in [3.63, 3.8) is 0 Å². The van der Waals surface area contributed by atoms with E-state index in [1.807, 2.05) is 54.3 Å². The van der Waals surface area contributed by atoms with E-state index in [0.717, 1.165) is 39.7 Å². The van der Waals surface area contributed by atoms with Gasteiger partial charge in [0.2, 0.25) is 0 Å². The fraction of sp³-hybridized carbons (Fsp3) is 0.360. The summed E-state index contributed by atoms with van der Waals surface area (Å²) in [4.78, 5) is 23.8. The molecule has 3 heterocycles. The smallest absolute Gasteiger partial charge is 0.274 e. The number of fused-ring (bicyclic) bond motifs is 1. The maximum absolute atomic E-state index is 14.1. The van der Waals surface area contributed by atoms with Gasteiger partial charge in [-0.05, 0) is 63.4 Å². The molecule has 0 radical (unpaired) electrons. The van der Waals surface area contributed by atoms with E-state index in [9.17, 15) is 4.79 Å². The number of carbonyl (C=O) groups excluding carboxylic acids is 1. The lowest BCUT2D eigenvalue weighted by molar-refractivity contribution is 0.0462. The van der Waals surface area contributed by atoms with Gasteiger partial charge in [-0.3, -0.25) is 9.21 Å². The third-order valence-electron chi connectivity index (χ3n) is 7.42. The van der Waals surface area contributed by atoms with Gasteiger partial charge in [0, 0.05) is 30.4 Å². The van der Waals surface area contributed by atoms with Crippen LogP contribution in [0.1, 0.15) is 42.2 Å². The largest absolute Gasteiger partial charge is 0.347 e. The lowest BCUT2D eigenvalue weighted by atomic mass is 9.83. The fourth-order valence-corrected chi connectivity index (χ4v) is 6.93. The average Bonchev–Trinajstić information content (AvgIpc) is 3.45. The molecule has 3 aromatic rings. The van der Waals surface area contributed by atoms with Crippen LogP contribution >= 0.6 is 34.7 Å². The molecule has 2 aliphatic rings. The summed E-state index contributed by atoms with van der Waals surface area (Å²) in [7, 11) is 2.05. The Morgan fingerprint density at radius 3 is 2.55 bits per heavy atom. The fourth-order valence-electron chi connectivity index (χ4n) is 5.39. The number of likely N-dealkylation sites (tertiary alicyclic amines) is 1.